The molecule has 0 spiro atoms. The Bertz CT molecular complexity index is 612. The van der Waals surface area contributed by atoms with Crippen LogP contribution in [-0.2, 0) is 10.8 Å². The summed E-state index contributed by atoms with van der Waals surface area (Å²) >= 11 is 11.8. The number of benzene rings is 2. The summed E-state index contributed by atoms with van der Waals surface area (Å²) in [5.74, 6) is 0.971. The molecule has 0 amide bonds. The fourth-order valence-corrected chi connectivity index (χ4v) is 3.00. The average molecular weight is 329 g/mol. The third kappa shape index (κ3) is 4.23. The molecule has 0 fully saturated rings. The van der Waals surface area contributed by atoms with Crippen molar-refractivity contribution in [2.24, 2.45) is 0 Å². The summed E-state index contributed by atoms with van der Waals surface area (Å²) in [6.07, 6.45) is 0. The van der Waals surface area contributed by atoms with Gasteiger partial charge in [0, 0.05) is 9.92 Å². The molecule has 1 atom stereocenters. The van der Waals surface area contributed by atoms with E-state index in [-0.39, 0.29) is 0 Å². The average Bonchev–Trinajstić information content (AvgIpc) is 2.42. The Kier molecular flexibility index (Phi) is 5.46. The molecule has 2 nitrogen and oxygen atoms in total. The molecule has 2 aromatic carbocycles. The zero-order valence-corrected chi connectivity index (χ0v) is 13.3. The van der Waals surface area contributed by atoms with Crippen LogP contribution in [-0.4, -0.2) is 16.6 Å². The fraction of sp³-hybridized carbons (Fsp3) is 0.200. The van der Waals surface area contributed by atoms with Crippen LogP contribution in [0.4, 0.5) is 0 Å². The number of hydrogen-bond donors (Lipinski definition) is 0. The second-order valence-electron chi connectivity index (χ2n) is 4.29. The summed E-state index contributed by atoms with van der Waals surface area (Å²) < 4.78 is 17.6. The first-order valence-electron chi connectivity index (χ1n) is 6.09. The maximum Gasteiger partial charge on any atom is 0.138 e. The number of ether oxygens (including phenoxy) is 1. The van der Waals surface area contributed by atoms with Crippen LogP contribution in [0.25, 0.3) is 0 Å². The van der Waals surface area contributed by atoms with Crippen molar-refractivity contribution in [3.63, 3.8) is 0 Å². The summed E-state index contributed by atoms with van der Waals surface area (Å²) in [5.41, 5.74) is 1.15. The topological polar surface area (TPSA) is 26.3 Å². The van der Waals surface area contributed by atoms with Crippen molar-refractivity contribution in [1.29, 1.82) is 0 Å². The highest BCUT2D eigenvalue weighted by Gasteiger charge is 2.06. The van der Waals surface area contributed by atoms with Crippen LogP contribution < -0.4 is 4.74 Å². The SMILES string of the molecule is Cc1ccc([S@](=O)CCOc2ccc(Cl)cc2Cl)cc1. The first-order valence-corrected chi connectivity index (χ1v) is 8.16. The van der Waals surface area contributed by atoms with Crippen LogP contribution in [0.15, 0.2) is 47.4 Å². The maximum absolute atomic E-state index is 12.1. The van der Waals surface area contributed by atoms with E-state index in [2.05, 4.69) is 0 Å². The normalized spacial score (nSPS) is 12.2. The molecule has 2 aromatic rings. The number of rotatable bonds is 5. The van der Waals surface area contributed by atoms with Gasteiger partial charge in [-0.3, -0.25) is 4.21 Å². The van der Waals surface area contributed by atoms with Crippen molar-refractivity contribution in [3.8, 4) is 5.75 Å². The quantitative estimate of drug-likeness (QED) is 0.808. The monoisotopic (exact) mass is 328 g/mol. The highest BCUT2D eigenvalue weighted by molar-refractivity contribution is 7.85. The van der Waals surface area contributed by atoms with Crippen molar-refractivity contribution < 1.29 is 8.95 Å². The minimum atomic E-state index is -1.07. The zero-order valence-electron chi connectivity index (χ0n) is 10.9. The van der Waals surface area contributed by atoms with Crippen molar-refractivity contribution in [1.82, 2.24) is 0 Å². The standard InChI is InChI=1S/C15H14Cl2O2S/c1-11-2-5-13(6-3-11)20(18)9-8-19-15-7-4-12(16)10-14(15)17/h2-7,10H,8-9H2,1H3/t20-/m1/s1. The van der Waals surface area contributed by atoms with Crippen LogP contribution in [0, 0.1) is 6.92 Å². The van der Waals surface area contributed by atoms with Crippen molar-refractivity contribution in [2.45, 2.75) is 11.8 Å². The molecule has 0 aliphatic rings. The Morgan fingerprint density at radius 3 is 2.45 bits per heavy atom. The van der Waals surface area contributed by atoms with Crippen molar-refractivity contribution in [2.75, 3.05) is 12.4 Å². The van der Waals surface area contributed by atoms with E-state index in [0.717, 1.165) is 10.5 Å². The van der Waals surface area contributed by atoms with E-state index in [9.17, 15) is 4.21 Å². The van der Waals surface area contributed by atoms with E-state index in [4.69, 9.17) is 27.9 Å². The lowest BCUT2D eigenvalue weighted by Gasteiger charge is -2.08. The van der Waals surface area contributed by atoms with Gasteiger partial charge in [0.1, 0.15) is 12.4 Å². The molecule has 0 heterocycles. The molecule has 0 unspecified atom stereocenters. The van der Waals surface area contributed by atoms with Crippen LogP contribution in [0.2, 0.25) is 10.0 Å². The lowest BCUT2D eigenvalue weighted by atomic mass is 10.2. The van der Waals surface area contributed by atoms with Gasteiger partial charge in [-0.15, -0.1) is 0 Å². The molecule has 0 saturated heterocycles. The number of hydrogen-bond acceptors (Lipinski definition) is 2. The molecule has 0 aliphatic carbocycles. The van der Waals surface area contributed by atoms with E-state index in [1.807, 2.05) is 31.2 Å². The van der Waals surface area contributed by atoms with Gasteiger partial charge in [0.05, 0.1) is 21.6 Å². The first kappa shape index (κ1) is 15.4. The lowest BCUT2D eigenvalue weighted by molar-refractivity contribution is 0.343. The Morgan fingerprint density at radius 2 is 1.80 bits per heavy atom. The van der Waals surface area contributed by atoms with Crippen LogP contribution in [0.1, 0.15) is 5.56 Å². The van der Waals surface area contributed by atoms with E-state index >= 15 is 0 Å². The molecule has 0 N–H and O–H groups in total. The van der Waals surface area contributed by atoms with Gasteiger partial charge < -0.3 is 4.74 Å². The van der Waals surface area contributed by atoms with Gasteiger partial charge in [-0.25, -0.2) is 0 Å². The highest BCUT2D eigenvalue weighted by atomic mass is 35.5. The Balaban J connectivity index is 1.89. The summed E-state index contributed by atoms with van der Waals surface area (Å²) in [6, 6.07) is 12.7. The first-order chi connectivity index (χ1) is 9.56. The Labute approximate surface area is 131 Å². The molecule has 0 aliphatic heterocycles. The largest absolute Gasteiger partial charge is 0.491 e. The van der Waals surface area contributed by atoms with E-state index in [1.54, 1.807) is 18.2 Å². The molecule has 20 heavy (non-hydrogen) atoms. The Morgan fingerprint density at radius 1 is 1.10 bits per heavy atom. The summed E-state index contributed by atoms with van der Waals surface area (Å²) in [7, 11) is -1.07. The van der Waals surface area contributed by atoms with Gasteiger partial charge >= 0.3 is 0 Å². The molecule has 0 bridgehead atoms. The van der Waals surface area contributed by atoms with Gasteiger partial charge in [0.15, 0.2) is 0 Å². The molecular formula is C15H14Cl2O2S. The summed E-state index contributed by atoms with van der Waals surface area (Å²) in [6.45, 7) is 2.33. The van der Waals surface area contributed by atoms with E-state index in [1.165, 1.54) is 0 Å². The van der Waals surface area contributed by atoms with Crippen molar-refractivity contribution >= 4 is 34.0 Å². The van der Waals surface area contributed by atoms with Gasteiger partial charge in [-0.2, -0.15) is 0 Å². The zero-order chi connectivity index (χ0) is 14.5. The molecule has 2 rings (SSSR count). The number of halogens is 2. The summed E-state index contributed by atoms with van der Waals surface area (Å²) in [4.78, 5) is 0.807. The smallest absolute Gasteiger partial charge is 0.138 e. The third-order valence-electron chi connectivity index (χ3n) is 2.70. The van der Waals surface area contributed by atoms with Gasteiger partial charge in [0.25, 0.3) is 0 Å². The predicted octanol–water partition coefficient (Wildman–Crippen LogP) is 4.49. The lowest BCUT2D eigenvalue weighted by Crippen LogP contribution is -2.08. The summed E-state index contributed by atoms with van der Waals surface area (Å²) in [5, 5.41) is 1.02. The van der Waals surface area contributed by atoms with Gasteiger partial charge in [-0.05, 0) is 37.3 Å². The van der Waals surface area contributed by atoms with Crippen molar-refractivity contribution in [3.05, 3.63) is 58.1 Å². The second kappa shape index (κ2) is 7.11. The second-order valence-corrected chi connectivity index (χ2v) is 6.70. The van der Waals surface area contributed by atoms with Gasteiger partial charge in [-0.1, -0.05) is 40.9 Å². The van der Waals surface area contributed by atoms with Crippen LogP contribution >= 0.6 is 23.2 Å². The number of aryl methyl sites for hydroxylation is 1. The minimum absolute atomic E-state index is 0.335. The van der Waals surface area contributed by atoms with Gasteiger partial charge in [0.2, 0.25) is 0 Å². The molecule has 0 radical (unpaired) electrons. The molecule has 0 aromatic heterocycles. The fourth-order valence-electron chi connectivity index (χ4n) is 1.63. The molecule has 5 heteroatoms. The maximum atomic E-state index is 12.1. The molecular weight excluding hydrogens is 315 g/mol. The highest BCUT2D eigenvalue weighted by Crippen LogP contribution is 2.27. The molecule has 0 saturated carbocycles. The third-order valence-corrected chi connectivity index (χ3v) is 4.57. The van der Waals surface area contributed by atoms with E-state index in [0.29, 0.717) is 28.2 Å². The van der Waals surface area contributed by atoms with Crippen LogP contribution in [0.5, 0.6) is 5.75 Å². The van der Waals surface area contributed by atoms with Crippen LogP contribution in [0.3, 0.4) is 0 Å². The Hall–Kier alpha value is -1.03. The molecule has 106 valence electrons. The predicted molar refractivity (Wildman–Crippen MR) is 84.4 cm³/mol. The van der Waals surface area contributed by atoms with E-state index < -0.39 is 10.8 Å². The minimum Gasteiger partial charge on any atom is -0.491 e.